The molecule has 0 amide bonds. The molecule has 1 unspecified atom stereocenters. The lowest BCUT2D eigenvalue weighted by Gasteiger charge is -2.22. The summed E-state index contributed by atoms with van der Waals surface area (Å²) in [5.74, 6) is 0.842. The number of rotatable bonds is 5. The minimum absolute atomic E-state index is 0.500. The van der Waals surface area contributed by atoms with Gasteiger partial charge in [0, 0.05) is 6.04 Å². The number of hydrogen-bond donors (Lipinski definition) is 1. The van der Waals surface area contributed by atoms with E-state index in [9.17, 15) is 0 Å². The molecule has 1 rings (SSSR count). The molecule has 1 saturated carbocycles. The quantitative estimate of drug-likeness (QED) is 0.525. The number of nitrogens with two attached hydrogens (primary N) is 1. The first-order chi connectivity index (χ1) is 6.84. The monoisotopic (exact) mass is 197 g/mol. The van der Waals surface area contributed by atoms with Crippen LogP contribution >= 0.6 is 0 Å². The van der Waals surface area contributed by atoms with Gasteiger partial charge in [0.2, 0.25) is 0 Å². The molecule has 84 valence electrons. The van der Waals surface area contributed by atoms with E-state index >= 15 is 0 Å². The zero-order chi connectivity index (χ0) is 10.2. The maximum atomic E-state index is 6.26. The third-order valence-electron chi connectivity index (χ3n) is 3.65. The van der Waals surface area contributed by atoms with Crippen molar-refractivity contribution >= 4 is 0 Å². The summed E-state index contributed by atoms with van der Waals surface area (Å²) in [5, 5.41) is 0. The Morgan fingerprint density at radius 1 is 1.07 bits per heavy atom. The lowest BCUT2D eigenvalue weighted by atomic mass is 9.89. The van der Waals surface area contributed by atoms with E-state index in [0.717, 1.165) is 5.92 Å². The summed E-state index contributed by atoms with van der Waals surface area (Å²) < 4.78 is 0. The fraction of sp³-hybridized carbons (Fsp3) is 1.00. The van der Waals surface area contributed by atoms with Gasteiger partial charge >= 0.3 is 0 Å². The van der Waals surface area contributed by atoms with Gasteiger partial charge < -0.3 is 5.73 Å². The predicted molar refractivity (Wildman–Crippen MR) is 63.3 cm³/mol. The second-order valence-corrected chi connectivity index (χ2v) is 4.91. The third kappa shape index (κ3) is 4.45. The molecule has 0 aromatic carbocycles. The highest BCUT2D eigenvalue weighted by molar-refractivity contribution is 4.75. The van der Waals surface area contributed by atoms with Gasteiger partial charge in [-0.25, -0.2) is 0 Å². The van der Waals surface area contributed by atoms with Crippen molar-refractivity contribution in [2.45, 2.75) is 77.2 Å². The summed E-state index contributed by atoms with van der Waals surface area (Å²) in [6.07, 6.45) is 13.8. The van der Waals surface area contributed by atoms with Gasteiger partial charge in [0.15, 0.2) is 0 Å². The summed E-state index contributed by atoms with van der Waals surface area (Å²) in [5.41, 5.74) is 6.26. The van der Waals surface area contributed by atoms with E-state index in [2.05, 4.69) is 6.92 Å². The Morgan fingerprint density at radius 2 is 1.71 bits per heavy atom. The molecule has 2 N–H and O–H groups in total. The highest BCUT2D eigenvalue weighted by Crippen LogP contribution is 2.26. The van der Waals surface area contributed by atoms with Crippen molar-refractivity contribution in [1.82, 2.24) is 0 Å². The van der Waals surface area contributed by atoms with Crippen LogP contribution in [-0.2, 0) is 0 Å². The molecule has 1 heteroatoms. The number of unbranched alkanes of at least 4 members (excludes halogenated alkanes) is 2. The molecule has 1 nitrogen and oxygen atoms in total. The zero-order valence-corrected chi connectivity index (χ0v) is 9.80. The molecule has 0 aliphatic heterocycles. The van der Waals surface area contributed by atoms with E-state index < -0.39 is 0 Å². The van der Waals surface area contributed by atoms with Crippen molar-refractivity contribution in [2.24, 2.45) is 11.7 Å². The van der Waals surface area contributed by atoms with E-state index in [1.165, 1.54) is 64.2 Å². The van der Waals surface area contributed by atoms with Crippen LogP contribution in [0.5, 0.6) is 0 Å². The first-order valence-electron chi connectivity index (χ1n) is 6.60. The summed E-state index contributed by atoms with van der Waals surface area (Å²) >= 11 is 0. The van der Waals surface area contributed by atoms with Crippen molar-refractivity contribution in [2.75, 3.05) is 0 Å². The highest BCUT2D eigenvalue weighted by atomic mass is 14.6. The topological polar surface area (TPSA) is 26.0 Å². The molecule has 1 atom stereocenters. The summed E-state index contributed by atoms with van der Waals surface area (Å²) in [6.45, 7) is 2.26. The lowest BCUT2D eigenvalue weighted by Crippen LogP contribution is -2.29. The summed E-state index contributed by atoms with van der Waals surface area (Å²) in [7, 11) is 0. The van der Waals surface area contributed by atoms with E-state index in [0.29, 0.717) is 6.04 Å². The molecule has 14 heavy (non-hydrogen) atoms. The van der Waals surface area contributed by atoms with Crippen molar-refractivity contribution in [3.05, 3.63) is 0 Å². The van der Waals surface area contributed by atoms with Crippen LogP contribution in [0.15, 0.2) is 0 Å². The van der Waals surface area contributed by atoms with Gasteiger partial charge in [-0.3, -0.25) is 0 Å². The van der Waals surface area contributed by atoms with E-state index in [1.54, 1.807) is 0 Å². The highest BCUT2D eigenvalue weighted by Gasteiger charge is 2.18. The summed E-state index contributed by atoms with van der Waals surface area (Å²) in [6, 6.07) is 0.500. The Balaban J connectivity index is 2.16. The van der Waals surface area contributed by atoms with Gasteiger partial charge in [-0.1, -0.05) is 51.9 Å². The SMILES string of the molecule is CCCCCC(N)C1CCCCCC1. The van der Waals surface area contributed by atoms with Gasteiger partial charge in [-0.05, 0) is 25.2 Å². The van der Waals surface area contributed by atoms with Gasteiger partial charge in [-0.15, -0.1) is 0 Å². The first kappa shape index (κ1) is 12.0. The van der Waals surface area contributed by atoms with Crippen LogP contribution in [0, 0.1) is 5.92 Å². The molecule has 0 spiro atoms. The van der Waals surface area contributed by atoms with Crippen LogP contribution in [0.25, 0.3) is 0 Å². The molecule has 0 heterocycles. The minimum atomic E-state index is 0.500. The Bertz CT molecular complexity index is 125. The standard InChI is InChI=1S/C13H27N/c1-2-3-6-11-13(14)12-9-7-4-5-8-10-12/h12-13H,2-11,14H2,1H3. The smallest absolute Gasteiger partial charge is 0.00671 e. The maximum Gasteiger partial charge on any atom is 0.00671 e. The maximum absolute atomic E-state index is 6.26. The van der Waals surface area contributed by atoms with Gasteiger partial charge in [-0.2, -0.15) is 0 Å². The molecular weight excluding hydrogens is 170 g/mol. The average molecular weight is 197 g/mol. The molecule has 0 bridgehead atoms. The molecule has 0 radical (unpaired) electrons. The predicted octanol–water partition coefficient (Wildman–Crippen LogP) is 3.86. The molecular formula is C13H27N. The van der Waals surface area contributed by atoms with Crippen LogP contribution in [-0.4, -0.2) is 6.04 Å². The molecule has 1 aliphatic carbocycles. The van der Waals surface area contributed by atoms with Crippen molar-refractivity contribution in [3.8, 4) is 0 Å². The third-order valence-corrected chi connectivity index (χ3v) is 3.65. The lowest BCUT2D eigenvalue weighted by molar-refractivity contribution is 0.350. The van der Waals surface area contributed by atoms with E-state index in [-0.39, 0.29) is 0 Å². The average Bonchev–Trinajstić information content (AvgIpc) is 2.46. The number of hydrogen-bond acceptors (Lipinski definition) is 1. The first-order valence-corrected chi connectivity index (χ1v) is 6.60. The largest absolute Gasteiger partial charge is 0.327 e. The molecule has 1 aliphatic rings. The Kier molecular flexibility index (Phi) is 6.25. The minimum Gasteiger partial charge on any atom is -0.327 e. The van der Waals surface area contributed by atoms with Crippen LogP contribution in [0.3, 0.4) is 0 Å². The van der Waals surface area contributed by atoms with Crippen LogP contribution in [0.4, 0.5) is 0 Å². The molecule has 0 aromatic rings. The second-order valence-electron chi connectivity index (χ2n) is 4.91. The fourth-order valence-electron chi connectivity index (χ4n) is 2.60. The Morgan fingerprint density at radius 3 is 2.29 bits per heavy atom. The molecule has 0 aromatic heterocycles. The van der Waals surface area contributed by atoms with E-state index in [4.69, 9.17) is 5.73 Å². The van der Waals surface area contributed by atoms with Crippen molar-refractivity contribution in [1.29, 1.82) is 0 Å². The van der Waals surface area contributed by atoms with E-state index in [1.807, 2.05) is 0 Å². The Labute approximate surface area is 89.5 Å². The van der Waals surface area contributed by atoms with Crippen molar-refractivity contribution < 1.29 is 0 Å². The van der Waals surface area contributed by atoms with Crippen LogP contribution in [0.1, 0.15) is 71.1 Å². The zero-order valence-electron chi connectivity index (χ0n) is 9.80. The molecule has 1 fully saturated rings. The van der Waals surface area contributed by atoms with Crippen LogP contribution < -0.4 is 5.73 Å². The summed E-state index contributed by atoms with van der Waals surface area (Å²) in [4.78, 5) is 0. The van der Waals surface area contributed by atoms with Crippen molar-refractivity contribution in [3.63, 3.8) is 0 Å². The van der Waals surface area contributed by atoms with Gasteiger partial charge in [0.25, 0.3) is 0 Å². The normalized spacial score (nSPS) is 21.9. The Hall–Kier alpha value is -0.0400. The second kappa shape index (κ2) is 7.28. The van der Waals surface area contributed by atoms with Crippen LogP contribution in [0.2, 0.25) is 0 Å². The molecule has 0 saturated heterocycles. The van der Waals surface area contributed by atoms with Gasteiger partial charge in [0.05, 0.1) is 0 Å². The van der Waals surface area contributed by atoms with Gasteiger partial charge in [0.1, 0.15) is 0 Å². The fourth-order valence-corrected chi connectivity index (χ4v) is 2.60.